The molecule has 6 nitrogen and oxygen atoms in total. The molecule has 0 fully saturated rings. The molecule has 1 aromatic rings. The Bertz CT molecular complexity index is 631. The van der Waals surface area contributed by atoms with Gasteiger partial charge < -0.3 is 14.8 Å². The lowest BCUT2D eigenvalue weighted by Gasteiger charge is -2.24. The Kier molecular flexibility index (Phi) is 5.08. The number of halogens is 1. The highest BCUT2D eigenvalue weighted by Crippen LogP contribution is 2.30. The molecule has 0 bridgehead atoms. The number of carbonyl (C=O) groups excluding carboxylic acids is 1. The molecular weight excluding hydrogens is 318 g/mol. The van der Waals surface area contributed by atoms with Crippen molar-refractivity contribution < 1.29 is 22.7 Å². The van der Waals surface area contributed by atoms with Gasteiger partial charge in [-0.1, -0.05) is 0 Å². The lowest BCUT2D eigenvalue weighted by molar-refractivity contribution is -0.126. The first-order valence-electron chi connectivity index (χ1n) is 6.39. The largest absolute Gasteiger partial charge is 0.492 e. The van der Waals surface area contributed by atoms with Gasteiger partial charge in [0.1, 0.15) is 12.4 Å². The number of ether oxygens (including phenoxy) is 2. The van der Waals surface area contributed by atoms with Crippen molar-refractivity contribution in [1.29, 1.82) is 0 Å². The van der Waals surface area contributed by atoms with Crippen molar-refractivity contribution in [2.24, 2.45) is 5.92 Å². The summed E-state index contributed by atoms with van der Waals surface area (Å²) in [6.07, 6.45) is 0.411. The lowest BCUT2D eigenvalue weighted by atomic mass is 9.96. The van der Waals surface area contributed by atoms with Gasteiger partial charge in [0, 0.05) is 24.3 Å². The van der Waals surface area contributed by atoms with Gasteiger partial charge in [-0.2, -0.15) is 0 Å². The van der Waals surface area contributed by atoms with Crippen LogP contribution in [0.15, 0.2) is 23.1 Å². The Morgan fingerprint density at radius 1 is 1.52 bits per heavy atom. The van der Waals surface area contributed by atoms with Gasteiger partial charge >= 0.3 is 0 Å². The van der Waals surface area contributed by atoms with Gasteiger partial charge in [-0.15, -0.1) is 0 Å². The van der Waals surface area contributed by atoms with E-state index >= 15 is 0 Å². The molecule has 1 heterocycles. The van der Waals surface area contributed by atoms with Crippen molar-refractivity contribution in [1.82, 2.24) is 5.32 Å². The van der Waals surface area contributed by atoms with Crippen LogP contribution in [-0.2, 0) is 25.0 Å². The quantitative estimate of drug-likeness (QED) is 0.640. The second-order valence-corrected chi connectivity index (χ2v) is 7.27. The zero-order valence-corrected chi connectivity index (χ0v) is 13.0. The van der Waals surface area contributed by atoms with Crippen LogP contribution in [0.4, 0.5) is 0 Å². The molecule has 1 amide bonds. The number of rotatable bonds is 5. The molecule has 0 aromatic heterocycles. The van der Waals surface area contributed by atoms with E-state index in [2.05, 4.69) is 5.32 Å². The summed E-state index contributed by atoms with van der Waals surface area (Å²) < 4.78 is 33.0. The second kappa shape index (κ2) is 6.64. The fourth-order valence-corrected chi connectivity index (χ4v) is 2.91. The first-order chi connectivity index (χ1) is 9.91. The summed E-state index contributed by atoms with van der Waals surface area (Å²) in [6, 6.07) is 4.40. The third-order valence-electron chi connectivity index (χ3n) is 3.20. The summed E-state index contributed by atoms with van der Waals surface area (Å²) in [5, 5.41) is 2.74. The molecule has 21 heavy (non-hydrogen) atoms. The zero-order valence-electron chi connectivity index (χ0n) is 11.5. The zero-order chi connectivity index (χ0) is 15.5. The Balaban J connectivity index is 2.10. The van der Waals surface area contributed by atoms with Crippen LogP contribution in [0.25, 0.3) is 0 Å². The molecule has 0 radical (unpaired) electrons. The first-order valence-corrected chi connectivity index (χ1v) is 8.70. The Morgan fingerprint density at radius 3 is 2.95 bits per heavy atom. The van der Waals surface area contributed by atoms with E-state index in [1.165, 1.54) is 12.1 Å². The van der Waals surface area contributed by atoms with Gasteiger partial charge in [0.05, 0.1) is 17.4 Å². The Hall–Kier alpha value is -1.31. The smallest absolute Gasteiger partial charge is 0.261 e. The van der Waals surface area contributed by atoms with Gasteiger partial charge in [0.15, 0.2) is 0 Å². The first kappa shape index (κ1) is 16.1. The standard InChI is InChI=1S/C13H16ClNO5S/c1-19-5-4-15-13(16)10-6-9-7-11(21(14,17)18)2-3-12(9)20-8-10/h2-3,7,10H,4-6,8H2,1H3,(H,15,16). The van der Waals surface area contributed by atoms with Gasteiger partial charge in [-0.05, 0) is 30.2 Å². The summed E-state index contributed by atoms with van der Waals surface area (Å²) >= 11 is 0. The third kappa shape index (κ3) is 4.09. The van der Waals surface area contributed by atoms with Crippen molar-refractivity contribution in [3.8, 4) is 5.75 Å². The number of nitrogens with one attached hydrogen (secondary N) is 1. The van der Waals surface area contributed by atoms with E-state index in [0.717, 1.165) is 0 Å². The molecule has 0 aliphatic carbocycles. The summed E-state index contributed by atoms with van der Waals surface area (Å²) in [4.78, 5) is 12.0. The molecule has 0 saturated carbocycles. The molecule has 1 aliphatic heterocycles. The highest BCUT2D eigenvalue weighted by atomic mass is 35.7. The fourth-order valence-electron chi connectivity index (χ4n) is 2.11. The van der Waals surface area contributed by atoms with Crippen molar-refractivity contribution in [3.05, 3.63) is 23.8 Å². The Labute approximate surface area is 127 Å². The Morgan fingerprint density at radius 2 is 2.29 bits per heavy atom. The second-order valence-electron chi connectivity index (χ2n) is 4.70. The predicted octanol–water partition coefficient (Wildman–Crippen LogP) is 0.928. The monoisotopic (exact) mass is 333 g/mol. The number of methoxy groups -OCH3 is 1. The van der Waals surface area contributed by atoms with Crippen LogP contribution in [0.5, 0.6) is 5.75 Å². The molecule has 2 rings (SSSR count). The maximum atomic E-state index is 12.0. The minimum Gasteiger partial charge on any atom is -0.492 e. The lowest BCUT2D eigenvalue weighted by Crippen LogP contribution is -2.38. The molecule has 1 atom stereocenters. The van der Waals surface area contributed by atoms with E-state index in [1.54, 1.807) is 13.2 Å². The summed E-state index contributed by atoms with van der Waals surface area (Å²) in [5.74, 6) is 0.0828. The van der Waals surface area contributed by atoms with E-state index in [9.17, 15) is 13.2 Å². The highest BCUT2D eigenvalue weighted by molar-refractivity contribution is 8.13. The summed E-state index contributed by atoms with van der Waals surface area (Å²) in [5.41, 5.74) is 0.662. The van der Waals surface area contributed by atoms with Crippen LogP contribution in [0.1, 0.15) is 5.56 Å². The number of hydrogen-bond acceptors (Lipinski definition) is 5. The fraction of sp³-hybridized carbons (Fsp3) is 0.462. The summed E-state index contributed by atoms with van der Waals surface area (Å²) in [6.45, 7) is 1.12. The van der Waals surface area contributed by atoms with Crippen LogP contribution < -0.4 is 10.1 Å². The van der Waals surface area contributed by atoms with Gasteiger partial charge in [0.25, 0.3) is 9.05 Å². The average Bonchev–Trinajstić information content (AvgIpc) is 2.45. The molecule has 0 saturated heterocycles. The average molecular weight is 334 g/mol. The van der Waals surface area contributed by atoms with Crippen LogP contribution in [0, 0.1) is 5.92 Å². The van der Waals surface area contributed by atoms with Gasteiger partial charge in [-0.25, -0.2) is 8.42 Å². The van der Waals surface area contributed by atoms with E-state index in [0.29, 0.717) is 30.9 Å². The van der Waals surface area contributed by atoms with Crippen LogP contribution in [0.2, 0.25) is 0 Å². The summed E-state index contributed by atoms with van der Waals surface area (Å²) in [7, 11) is 3.09. The van der Waals surface area contributed by atoms with Crippen molar-refractivity contribution in [2.75, 3.05) is 26.9 Å². The highest BCUT2D eigenvalue weighted by Gasteiger charge is 2.27. The number of amides is 1. The van der Waals surface area contributed by atoms with E-state index in [4.69, 9.17) is 20.2 Å². The van der Waals surface area contributed by atoms with Gasteiger partial charge in [-0.3, -0.25) is 4.79 Å². The molecule has 0 spiro atoms. The van der Waals surface area contributed by atoms with E-state index < -0.39 is 9.05 Å². The van der Waals surface area contributed by atoms with E-state index in [-0.39, 0.29) is 23.3 Å². The van der Waals surface area contributed by atoms with Crippen molar-refractivity contribution in [2.45, 2.75) is 11.3 Å². The van der Waals surface area contributed by atoms with Gasteiger partial charge in [0.2, 0.25) is 5.91 Å². The molecule has 1 aromatic carbocycles. The van der Waals surface area contributed by atoms with Crippen molar-refractivity contribution in [3.63, 3.8) is 0 Å². The molecular formula is C13H16ClNO5S. The van der Waals surface area contributed by atoms with Crippen LogP contribution >= 0.6 is 10.7 Å². The predicted molar refractivity (Wildman–Crippen MR) is 77.1 cm³/mol. The number of fused-ring (bicyclic) bond motifs is 1. The number of hydrogen-bond donors (Lipinski definition) is 1. The molecule has 1 N–H and O–H groups in total. The van der Waals surface area contributed by atoms with E-state index in [1.807, 2.05) is 0 Å². The van der Waals surface area contributed by atoms with Crippen LogP contribution in [0.3, 0.4) is 0 Å². The SMILES string of the molecule is COCCNC(=O)C1COc2ccc(S(=O)(=O)Cl)cc2C1. The number of benzene rings is 1. The molecule has 1 unspecified atom stereocenters. The molecule has 116 valence electrons. The van der Waals surface area contributed by atoms with Crippen molar-refractivity contribution >= 4 is 25.6 Å². The minimum atomic E-state index is -3.79. The molecule has 8 heteroatoms. The third-order valence-corrected chi connectivity index (χ3v) is 4.55. The number of carbonyl (C=O) groups is 1. The molecule has 1 aliphatic rings. The maximum absolute atomic E-state index is 12.0. The van der Waals surface area contributed by atoms with Crippen LogP contribution in [-0.4, -0.2) is 41.2 Å². The normalized spacial score (nSPS) is 17.7. The topological polar surface area (TPSA) is 81.7 Å². The minimum absolute atomic E-state index is 0.00644. The maximum Gasteiger partial charge on any atom is 0.261 e.